The molecule has 20 heavy (non-hydrogen) atoms. The zero-order chi connectivity index (χ0) is 14.8. The Balaban J connectivity index is 1.92. The highest BCUT2D eigenvalue weighted by Crippen LogP contribution is 2.47. The van der Waals surface area contributed by atoms with Crippen LogP contribution in [0.4, 0.5) is 10.5 Å². The number of carbonyl (C=O) groups excluding carboxylic acids is 1. The Morgan fingerprint density at radius 2 is 2.10 bits per heavy atom. The molecule has 0 unspecified atom stereocenters. The lowest BCUT2D eigenvalue weighted by Gasteiger charge is -2.14. The van der Waals surface area contributed by atoms with Gasteiger partial charge >= 0.3 is 12.0 Å². The van der Waals surface area contributed by atoms with Crippen LogP contribution in [0.3, 0.4) is 0 Å². The first kappa shape index (κ1) is 14.7. The maximum Gasteiger partial charge on any atom is 0.335 e. The number of nitrogens with one attached hydrogen (secondary N) is 2. The van der Waals surface area contributed by atoms with E-state index in [-0.39, 0.29) is 22.0 Å². The lowest BCUT2D eigenvalue weighted by atomic mass is 10.0. The molecule has 1 fully saturated rings. The molecule has 2 rings (SSSR count). The average Bonchev–Trinajstić information content (AvgIpc) is 3.19. The number of halogens is 1. The maximum absolute atomic E-state index is 11.8. The number of aromatic carboxylic acids is 1. The van der Waals surface area contributed by atoms with Crippen LogP contribution in [0.15, 0.2) is 18.2 Å². The van der Waals surface area contributed by atoms with Gasteiger partial charge in [-0.05, 0) is 42.9 Å². The van der Waals surface area contributed by atoms with Crippen LogP contribution in [-0.4, -0.2) is 23.7 Å². The molecule has 0 heterocycles. The van der Waals surface area contributed by atoms with E-state index in [0.717, 1.165) is 19.3 Å². The van der Waals surface area contributed by atoms with Gasteiger partial charge in [0.05, 0.1) is 16.3 Å². The molecular weight excluding hydrogens is 280 g/mol. The van der Waals surface area contributed by atoms with Crippen molar-refractivity contribution in [1.29, 1.82) is 0 Å². The maximum atomic E-state index is 11.8. The number of hydrogen-bond donors (Lipinski definition) is 3. The fourth-order valence-electron chi connectivity index (χ4n) is 2.02. The Morgan fingerprint density at radius 1 is 1.40 bits per heavy atom. The van der Waals surface area contributed by atoms with Gasteiger partial charge in [-0.1, -0.05) is 18.5 Å². The van der Waals surface area contributed by atoms with Gasteiger partial charge in [-0.3, -0.25) is 0 Å². The first-order chi connectivity index (χ1) is 9.46. The Hall–Kier alpha value is -1.75. The second-order valence-electron chi connectivity index (χ2n) is 5.16. The third-order valence-electron chi connectivity index (χ3n) is 3.80. The largest absolute Gasteiger partial charge is 0.478 e. The number of carboxylic acids is 1. The summed E-state index contributed by atoms with van der Waals surface area (Å²) in [6, 6.07) is 3.87. The highest BCUT2D eigenvalue weighted by Gasteiger charge is 2.40. The Morgan fingerprint density at radius 3 is 2.60 bits per heavy atom. The van der Waals surface area contributed by atoms with Gasteiger partial charge in [-0.2, -0.15) is 0 Å². The van der Waals surface area contributed by atoms with Gasteiger partial charge in [0.25, 0.3) is 0 Å². The second-order valence-corrected chi connectivity index (χ2v) is 5.57. The van der Waals surface area contributed by atoms with Crippen molar-refractivity contribution in [3.8, 4) is 0 Å². The first-order valence-corrected chi connectivity index (χ1v) is 6.91. The fraction of sp³-hybridized carbons (Fsp3) is 0.429. The van der Waals surface area contributed by atoms with Crippen LogP contribution in [0.5, 0.6) is 0 Å². The predicted octanol–water partition coefficient (Wildman–Crippen LogP) is 3.35. The van der Waals surface area contributed by atoms with Crippen LogP contribution in [0.25, 0.3) is 0 Å². The number of urea groups is 1. The zero-order valence-electron chi connectivity index (χ0n) is 11.2. The predicted molar refractivity (Wildman–Crippen MR) is 77.4 cm³/mol. The summed E-state index contributed by atoms with van der Waals surface area (Å²) >= 11 is 5.94. The molecule has 1 aliphatic rings. The number of amides is 2. The molecule has 5 nitrogen and oxygen atoms in total. The number of anilines is 1. The van der Waals surface area contributed by atoms with E-state index < -0.39 is 5.97 Å². The summed E-state index contributed by atoms with van der Waals surface area (Å²) < 4.78 is 0. The summed E-state index contributed by atoms with van der Waals surface area (Å²) in [6.07, 6.45) is 3.36. The SMILES string of the molecule is CCC1(CNC(=O)Nc2ccc(C(=O)O)cc2Cl)CC1. The first-order valence-electron chi connectivity index (χ1n) is 6.53. The van der Waals surface area contributed by atoms with Crippen molar-refractivity contribution in [3.63, 3.8) is 0 Å². The van der Waals surface area contributed by atoms with Gasteiger partial charge in [0.1, 0.15) is 0 Å². The van der Waals surface area contributed by atoms with Crippen molar-refractivity contribution in [2.75, 3.05) is 11.9 Å². The molecule has 0 spiro atoms. The molecule has 0 aliphatic heterocycles. The Kier molecular flexibility index (Phi) is 4.18. The standard InChI is InChI=1S/C14H17ClN2O3/c1-2-14(5-6-14)8-16-13(20)17-11-4-3-9(12(18)19)7-10(11)15/h3-4,7H,2,5-6,8H2,1H3,(H,18,19)(H2,16,17,20). The van der Waals surface area contributed by atoms with E-state index >= 15 is 0 Å². The number of carboxylic acid groups (broad SMARTS) is 1. The lowest BCUT2D eigenvalue weighted by Crippen LogP contribution is -2.33. The third-order valence-corrected chi connectivity index (χ3v) is 4.11. The van der Waals surface area contributed by atoms with Gasteiger partial charge < -0.3 is 15.7 Å². The van der Waals surface area contributed by atoms with E-state index in [2.05, 4.69) is 17.6 Å². The lowest BCUT2D eigenvalue weighted by molar-refractivity contribution is 0.0697. The smallest absolute Gasteiger partial charge is 0.335 e. The Bertz CT molecular complexity index is 541. The van der Waals surface area contributed by atoms with E-state index in [1.165, 1.54) is 18.2 Å². The van der Waals surface area contributed by atoms with Gasteiger partial charge in [-0.25, -0.2) is 9.59 Å². The minimum atomic E-state index is -1.05. The van der Waals surface area contributed by atoms with Crippen molar-refractivity contribution in [1.82, 2.24) is 5.32 Å². The van der Waals surface area contributed by atoms with E-state index in [1.54, 1.807) is 0 Å². The van der Waals surface area contributed by atoms with Gasteiger partial charge in [0.2, 0.25) is 0 Å². The number of hydrogen-bond acceptors (Lipinski definition) is 2. The third kappa shape index (κ3) is 3.42. The summed E-state index contributed by atoms with van der Waals surface area (Å²) in [5.74, 6) is -1.05. The molecule has 3 N–H and O–H groups in total. The monoisotopic (exact) mass is 296 g/mol. The minimum absolute atomic E-state index is 0.0869. The summed E-state index contributed by atoms with van der Waals surface area (Å²) in [4.78, 5) is 22.6. The fourth-order valence-corrected chi connectivity index (χ4v) is 2.24. The molecule has 0 atom stereocenters. The van der Waals surface area contributed by atoms with Crippen molar-refractivity contribution in [2.45, 2.75) is 26.2 Å². The molecule has 1 saturated carbocycles. The van der Waals surface area contributed by atoms with Crippen molar-refractivity contribution in [2.24, 2.45) is 5.41 Å². The van der Waals surface area contributed by atoms with Gasteiger partial charge in [0, 0.05) is 6.54 Å². The van der Waals surface area contributed by atoms with Crippen LogP contribution < -0.4 is 10.6 Å². The topological polar surface area (TPSA) is 78.4 Å². The number of carbonyl (C=O) groups is 2. The molecule has 1 aromatic rings. The van der Waals surface area contributed by atoms with E-state index in [9.17, 15) is 9.59 Å². The van der Waals surface area contributed by atoms with Crippen LogP contribution >= 0.6 is 11.6 Å². The quantitative estimate of drug-likeness (QED) is 0.779. The van der Waals surface area contributed by atoms with E-state index in [4.69, 9.17) is 16.7 Å². The molecule has 0 bridgehead atoms. The van der Waals surface area contributed by atoms with E-state index in [0.29, 0.717) is 12.2 Å². The molecule has 1 aliphatic carbocycles. The summed E-state index contributed by atoms with van der Waals surface area (Å²) in [5, 5.41) is 14.5. The molecule has 2 amide bonds. The molecular formula is C14H17ClN2O3. The van der Waals surface area contributed by atoms with Crippen molar-refractivity contribution >= 4 is 29.3 Å². The average molecular weight is 297 g/mol. The van der Waals surface area contributed by atoms with Crippen LogP contribution in [-0.2, 0) is 0 Å². The highest BCUT2D eigenvalue weighted by molar-refractivity contribution is 6.34. The summed E-state index contributed by atoms with van der Waals surface area (Å²) in [6.45, 7) is 2.77. The minimum Gasteiger partial charge on any atom is -0.478 e. The normalized spacial score (nSPS) is 15.5. The number of rotatable bonds is 5. The summed E-state index contributed by atoms with van der Waals surface area (Å²) in [7, 11) is 0. The molecule has 0 radical (unpaired) electrons. The Labute approximate surface area is 122 Å². The molecule has 0 aromatic heterocycles. The highest BCUT2D eigenvalue weighted by atomic mass is 35.5. The molecule has 0 saturated heterocycles. The zero-order valence-corrected chi connectivity index (χ0v) is 12.0. The van der Waals surface area contributed by atoms with Crippen molar-refractivity contribution < 1.29 is 14.7 Å². The van der Waals surface area contributed by atoms with Crippen LogP contribution in [0.2, 0.25) is 5.02 Å². The van der Waals surface area contributed by atoms with E-state index in [1.807, 2.05) is 0 Å². The second kappa shape index (κ2) is 5.71. The van der Waals surface area contributed by atoms with Gasteiger partial charge in [0.15, 0.2) is 0 Å². The molecule has 1 aromatic carbocycles. The summed E-state index contributed by atoms with van der Waals surface area (Å²) in [5.41, 5.74) is 0.758. The van der Waals surface area contributed by atoms with Gasteiger partial charge in [-0.15, -0.1) is 0 Å². The van der Waals surface area contributed by atoms with Crippen molar-refractivity contribution in [3.05, 3.63) is 28.8 Å². The molecule has 108 valence electrons. The van der Waals surface area contributed by atoms with Crippen LogP contribution in [0, 0.1) is 5.41 Å². The molecule has 6 heteroatoms. The number of benzene rings is 1. The van der Waals surface area contributed by atoms with Crippen LogP contribution in [0.1, 0.15) is 36.5 Å².